The number of primary amides is 1. The van der Waals surface area contributed by atoms with Crippen LogP contribution in [0.25, 0.3) is 0 Å². The molecular weight excluding hydrogens is 458 g/mol. The zero-order chi connectivity index (χ0) is 25.5. The lowest BCUT2D eigenvalue weighted by Crippen LogP contribution is -2.61. The van der Waals surface area contributed by atoms with E-state index in [9.17, 15) is 14.9 Å². The lowest BCUT2D eigenvalue weighted by Gasteiger charge is -2.36. The number of amides is 2. The summed E-state index contributed by atoms with van der Waals surface area (Å²) in [6, 6.07) is 19.7. The highest BCUT2D eigenvalue weighted by Crippen LogP contribution is 2.37. The molecule has 2 aromatic carbocycles. The second-order valence-electron chi connectivity index (χ2n) is 10.1. The van der Waals surface area contributed by atoms with Gasteiger partial charge in [-0.1, -0.05) is 80.4 Å². The first-order valence-corrected chi connectivity index (χ1v) is 13.0. The predicted octanol–water partition coefficient (Wildman–Crippen LogP) is 5.55. The van der Waals surface area contributed by atoms with Crippen LogP contribution in [0.4, 0.5) is 0 Å². The summed E-state index contributed by atoms with van der Waals surface area (Å²) < 4.78 is 0.118. The van der Waals surface area contributed by atoms with Crippen molar-refractivity contribution in [1.82, 2.24) is 0 Å². The number of likely N-dealkylation sites (tertiary alicyclic amines) is 1. The van der Waals surface area contributed by atoms with Gasteiger partial charge in [-0.25, -0.2) is 4.79 Å². The van der Waals surface area contributed by atoms with Crippen LogP contribution in [0.15, 0.2) is 54.6 Å². The van der Waals surface area contributed by atoms with E-state index in [1.807, 2.05) is 54.6 Å². The zero-order valence-electron chi connectivity index (χ0n) is 20.9. The summed E-state index contributed by atoms with van der Waals surface area (Å²) in [6.07, 6.45) is 4.58. The van der Waals surface area contributed by atoms with Crippen molar-refractivity contribution < 1.29 is 14.1 Å². The molecule has 2 aromatic rings. The van der Waals surface area contributed by atoms with E-state index in [0.717, 1.165) is 24.0 Å². The van der Waals surface area contributed by atoms with Gasteiger partial charge in [0.1, 0.15) is 0 Å². The third kappa shape index (κ3) is 5.77. The van der Waals surface area contributed by atoms with E-state index in [1.54, 1.807) is 0 Å². The van der Waals surface area contributed by atoms with Gasteiger partial charge in [0, 0.05) is 24.3 Å². The Hall–Kier alpha value is -2.68. The number of nitrogens with two attached hydrogens (primary N) is 1. The van der Waals surface area contributed by atoms with E-state index >= 15 is 0 Å². The fourth-order valence-electron chi connectivity index (χ4n) is 5.72. The highest BCUT2D eigenvalue weighted by Gasteiger charge is 2.50. The molecule has 1 fully saturated rings. The summed E-state index contributed by atoms with van der Waals surface area (Å²) in [4.78, 5) is 26.0. The number of carbonyl (C=O) groups is 2. The minimum atomic E-state index is -0.579. The van der Waals surface area contributed by atoms with Crippen molar-refractivity contribution in [1.29, 1.82) is 5.26 Å². The van der Waals surface area contributed by atoms with E-state index in [0.29, 0.717) is 50.2 Å². The number of unbranched alkanes of at least 4 members (excludes halogenated alkanes) is 1. The lowest BCUT2D eigenvalue weighted by molar-refractivity contribution is -0.857. The van der Waals surface area contributed by atoms with Crippen molar-refractivity contribution in [3.8, 4) is 6.07 Å². The maximum atomic E-state index is 13.7. The van der Waals surface area contributed by atoms with Crippen molar-refractivity contribution in [2.75, 3.05) is 13.1 Å². The smallest absolute Gasteiger partial charge is 0.314 e. The number of hydrogen-bond donors (Lipinski definition) is 1. The Balaban J connectivity index is 1.70. The molecule has 1 aliphatic heterocycles. The molecule has 0 saturated carbocycles. The molecule has 35 heavy (non-hydrogen) atoms. The number of halogens is 1. The largest absolute Gasteiger partial charge is 0.364 e. The fraction of sp³-hybridized carbons (Fsp3) is 0.483. The van der Waals surface area contributed by atoms with Crippen molar-refractivity contribution >= 4 is 23.4 Å². The molecule has 0 spiro atoms. The predicted molar refractivity (Wildman–Crippen MR) is 139 cm³/mol. The number of nitrogens with zero attached hydrogens (tertiary/aromatic N) is 2. The zero-order valence-corrected chi connectivity index (χ0v) is 21.6. The van der Waals surface area contributed by atoms with Crippen LogP contribution in [0.3, 0.4) is 0 Å². The van der Waals surface area contributed by atoms with E-state index in [1.165, 1.54) is 0 Å². The minimum Gasteiger partial charge on any atom is -0.364 e. The Kier molecular flexibility index (Phi) is 9.10. The van der Waals surface area contributed by atoms with E-state index in [2.05, 4.69) is 19.9 Å². The van der Waals surface area contributed by atoms with Gasteiger partial charge in [-0.05, 0) is 36.0 Å². The van der Waals surface area contributed by atoms with Crippen molar-refractivity contribution in [2.45, 2.75) is 70.3 Å². The summed E-state index contributed by atoms with van der Waals surface area (Å²) in [6.45, 7) is 5.32. The molecule has 0 bridgehead atoms. The van der Waals surface area contributed by atoms with E-state index in [-0.39, 0.29) is 16.3 Å². The number of quaternary nitrogens is 1. The van der Waals surface area contributed by atoms with Crippen molar-refractivity contribution in [3.05, 3.63) is 70.7 Å². The molecule has 5 nitrogen and oxygen atoms in total. The molecule has 0 aliphatic carbocycles. The van der Waals surface area contributed by atoms with Crippen LogP contribution in [-0.4, -0.2) is 35.4 Å². The maximum absolute atomic E-state index is 13.7. The maximum Gasteiger partial charge on any atom is 0.314 e. The summed E-state index contributed by atoms with van der Waals surface area (Å²) in [5.41, 5.74) is 7.20. The Morgan fingerprint density at radius 1 is 1.14 bits per heavy atom. The molecule has 1 unspecified atom stereocenters. The Morgan fingerprint density at radius 2 is 1.83 bits per heavy atom. The summed E-state index contributed by atoms with van der Waals surface area (Å²) in [5.74, 6) is -0.176. The molecule has 186 valence electrons. The standard InChI is InChI=1S/C29H36ClN3O2/c1-22(2)29(21-31,24-12-4-3-5-13-24)18-9-8-16-27(34)33(19-10-15-26(33)28(32)35)20-17-23-11-6-7-14-25(23)30/h3-7,11-14,22,26H,8-10,15-20H2,1-2H3,(H-,32,35)/p+1/t26?,29-,33+/m0/s1. The number of carbonyl (C=O) groups excluding carboxylic acids is 2. The van der Waals surface area contributed by atoms with Gasteiger partial charge in [-0.3, -0.25) is 9.28 Å². The monoisotopic (exact) mass is 494 g/mol. The molecule has 2 amide bonds. The van der Waals surface area contributed by atoms with E-state index < -0.39 is 17.4 Å². The molecule has 1 saturated heterocycles. The first-order chi connectivity index (χ1) is 16.8. The second-order valence-corrected chi connectivity index (χ2v) is 10.5. The van der Waals surface area contributed by atoms with Gasteiger partial charge < -0.3 is 5.73 Å². The SMILES string of the molecule is CC(C)[C@@](C#N)(CCCCC(=O)[N@@+]1(CCc2ccccc2Cl)CCCC1C(N)=O)c1ccccc1. The normalized spacial score (nSPS) is 21.4. The summed E-state index contributed by atoms with van der Waals surface area (Å²) in [7, 11) is 0. The minimum absolute atomic E-state index is 0.0742. The highest BCUT2D eigenvalue weighted by molar-refractivity contribution is 6.31. The molecule has 3 rings (SSSR count). The van der Waals surface area contributed by atoms with Gasteiger partial charge in [-0.2, -0.15) is 5.26 Å². The van der Waals surface area contributed by atoms with Gasteiger partial charge in [0.25, 0.3) is 5.91 Å². The average molecular weight is 495 g/mol. The van der Waals surface area contributed by atoms with Crippen molar-refractivity contribution in [3.63, 3.8) is 0 Å². The number of hydrogen-bond acceptors (Lipinski definition) is 3. The van der Waals surface area contributed by atoms with Crippen LogP contribution in [0, 0.1) is 17.2 Å². The average Bonchev–Trinajstić information content (AvgIpc) is 3.30. The topological polar surface area (TPSA) is 83.9 Å². The molecule has 3 atom stereocenters. The fourth-order valence-corrected chi connectivity index (χ4v) is 5.95. The first-order valence-electron chi connectivity index (χ1n) is 12.7. The van der Waals surface area contributed by atoms with Crippen LogP contribution in [-0.2, 0) is 21.4 Å². The Morgan fingerprint density at radius 3 is 2.46 bits per heavy atom. The molecule has 2 N–H and O–H groups in total. The van der Waals surface area contributed by atoms with Crippen LogP contribution in [0.5, 0.6) is 0 Å². The molecule has 1 aliphatic rings. The second kappa shape index (κ2) is 11.8. The van der Waals surface area contributed by atoms with Crippen molar-refractivity contribution in [2.24, 2.45) is 11.7 Å². The van der Waals surface area contributed by atoms with E-state index in [4.69, 9.17) is 17.3 Å². The van der Waals surface area contributed by atoms with Crippen LogP contribution < -0.4 is 5.73 Å². The highest BCUT2D eigenvalue weighted by atomic mass is 35.5. The van der Waals surface area contributed by atoms with Crippen LogP contribution in [0.1, 0.15) is 63.5 Å². The molecular formula is C29H37ClN3O2+. The van der Waals surface area contributed by atoms with Crippen LogP contribution >= 0.6 is 11.6 Å². The molecule has 6 heteroatoms. The number of benzene rings is 2. The van der Waals surface area contributed by atoms with Gasteiger partial charge in [0.2, 0.25) is 0 Å². The van der Waals surface area contributed by atoms with Gasteiger partial charge in [0.15, 0.2) is 6.04 Å². The molecule has 0 aromatic heterocycles. The van der Waals surface area contributed by atoms with Gasteiger partial charge in [-0.15, -0.1) is 0 Å². The lowest BCUT2D eigenvalue weighted by atomic mass is 9.69. The summed E-state index contributed by atoms with van der Waals surface area (Å²) in [5, 5.41) is 10.8. The third-order valence-corrected chi connectivity index (χ3v) is 8.25. The quantitative estimate of drug-likeness (QED) is 0.328. The number of rotatable bonds is 11. The molecule has 0 radical (unpaired) electrons. The Labute approximate surface area is 214 Å². The van der Waals surface area contributed by atoms with Gasteiger partial charge in [0.05, 0.1) is 31.0 Å². The van der Waals surface area contributed by atoms with Gasteiger partial charge >= 0.3 is 5.91 Å². The number of nitriles is 1. The molecule has 1 heterocycles. The first kappa shape index (κ1) is 26.9. The summed E-state index contributed by atoms with van der Waals surface area (Å²) >= 11 is 6.36. The van der Waals surface area contributed by atoms with Crippen LogP contribution in [0.2, 0.25) is 5.02 Å². The Bertz CT molecular complexity index is 1070. The third-order valence-electron chi connectivity index (χ3n) is 7.88.